The van der Waals surface area contributed by atoms with Crippen LogP contribution in [0.25, 0.3) is 0 Å². The van der Waals surface area contributed by atoms with E-state index in [9.17, 15) is 18.3 Å². The van der Waals surface area contributed by atoms with E-state index in [1.54, 1.807) is 6.92 Å². The van der Waals surface area contributed by atoms with Gasteiger partial charge in [0, 0.05) is 13.1 Å². The Bertz CT molecular complexity index is 362. The summed E-state index contributed by atoms with van der Waals surface area (Å²) in [6.07, 6.45) is 1.16. The summed E-state index contributed by atoms with van der Waals surface area (Å²) in [5, 5.41) is 9.78. The number of methoxy groups -OCH3 is 1. The molecule has 0 spiro atoms. The predicted molar refractivity (Wildman–Crippen MR) is 57.2 cm³/mol. The van der Waals surface area contributed by atoms with Crippen LogP contribution in [0.15, 0.2) is 0 Å². The van der Waals surface area contributed by atoms with Gasteiger partial charge in [-0.1, -0.05) is 0 Å². The molecule has 0 radical (unpaired) electrons. The lowest BCUT2D eigenvalue weighted by molar-refractivity contribution is -0.137. The Balaban J connectivity index is 2.72. The van der Waals surface area contributed by atoms with Crippen LogP contribution in [-0.2, 0) is 19.6 Å². The van der Waals surface area contributed by atoms with Crippen molar-refractivity contribution < 1.29 is 23.1 Å². The second-order valence-electron chi connectivity index (χ2n) is 4.27. The smallest absolute Gasteiger partial charge is 0.322 e. The first-order valence-electron chi connectivity index (χ1n) is 5.04. The number of esters is 1. The van der Waals surface area contributed by atoms with Gasteiger partial charge < -0.3 is 9.84 Å². The lowest BCUT2D eigenvalue weighted by Gasteiger charge is -2.35. The molecule has 1 N–H and O–H groups in total. The van der Waals surface area contributed by atoms with Crippen LogP contribution in [0.3, 0.4) is 0 Å². The molecule has 0 aromatic rings. The van der Waals surface area contributed by atoms with E-state index >= 15 is 0 Å². The minimum absolute atomic E-state index is 0.0341. The summed E-state index contributed by atoms with van der Waals surface area (Å²) in [7, 11) is -2.52. The molecule has 1 atom stereocenters. The van der Waals surface area contributed by atoms with E-state index in [1.807, 2.05) is 0 Å². The fraction of sp³-hybridized carbons (Fsp3) is 0.889. The van der Waals surface area contributed by atoms with E-state index in [0.29, 0.717) is 19.4 Å². The van der Waals surface area contributed by atoms with Gasteiger partial charge in [0.15, 0.2) is 5.75 Å². The van der Waals surface area contributed by atoms with Crippen molar-refractivity contribution in [3.8, 4) is 0 Å². The zero-order chi connectivity index (χ0) is 12.4. The summed E-state index contributed by atoms with van der Waals surface area (Å²) in [6, 6.07) is 0. The first-order valence-corrected chi connectivity index (χ1v) is 6.65. The van der Waals surface area contributed by atoms with Crippen molar-refractivity contribution in [3.63, 3.8) is 0 Å². The molecule has 0 aliphatic carbocycles. The zero-order valence-electron chi connectivity index (χ0n) is 9.47. The molecule has 1 aliphatic heterocycles. The number of sulfonamides is 1. The molecule has 1 rings (SSSR count). The normalized spacial score (nSPS) is 27.7. The SMILES string of the molecule is COC(=O)CS(=O)(=O)N1CCCC(C)(O)C1. The number of rotatable bonds is 3. The number of carbonyl (C=O) groups excluding carboxylic acids is 1. The molecule has 1 aliphatic rings. The van der Waals surface area contributed by atoms with Crippen LogP contribution < -0.4 is 0 Å². The van der Waals surface area contributed by atoms with Crippen LogP contribution >= 0.6 is 0 Å². The third-order valence-corrected chi connectivity index (χ3v) is 4.26. The molecule has 94 valence electrons. The molecule has 1 unspecified atom stereocenters. The number of carbonyl (C=O) groups is 1. The third kappa shape index (κ3) is 3.43. The van der Waals surface area contributed by atoms with Crippen molar-refractivity contribution in [2.75, 3.05) is 26.0 Å². The first kappa shape index (κ1) is 13.4. The van der Waals surface area contributed by atoms with Crippen LogP contribution in [0.5, 0.6) is 0 Å². The molecular formula is C9H17NO5S. The Hall–Kier alpha value is -0.660. The van der Waals surface area contributed by atoms with E-state index in [-0.39, 0.29) is 6.54 Å². The highest BCUT2D eigenvalue weighted by Crippen LogP contribution is 2.22. The van der Waals surface area contributed by atoms with Crippen molar-refractivity contribution in [3.05, 3.63) is 0 Å². The number of hydrogen-bond acceptors (Lipinski definition) is 5. The monoisotopic (exact) mass is 251 g/mol. The predicted octanol–water partition coefficient (Wildman–Crippen LogP) is -0.664. The van der Waals surface area contributed by atoms with Gasteiger partial charge in [-0.15, -0.1) is 0 Å². The summed E-state index contributed by atoms with van der Waals surface area (Å²) in [5.74, 6) is -1.45. The van der Waals surface area contributed by atoms with Crippen LogP contribution in [0.2, 0.25) is 0 Å². The van der Waals surface area contributed by atoms with Gasteiger partial charge in [0.25, 0.3) is 0 Å². The fourth-order valence-electron chi connectivity index (χ4n) is 1.71. The highest BCUT2D eigenvalue weighted by molar-refractivity contribution is 7.89. The Morgan fingerprint density at radius 2 is 2.19 bits per heavy atom. The Morgan fingerprint density at radius 3 is 2.69 bits per heavy atom. The van der Waals surface area contributed by atoms with E-state index < -0.39 is 27.3 Å². The Kier molecular flexibility index (Phi) is 3.92. The van der Waals surface area contributed by atoms with E-state index in [0.717, 1.165) is 11.4 Å². The third-order valence-electron chi connectivity index (χ3n) is 2.56. The molecule has 0 amide bonds. The molecule has 16 heavy (non-hydrogen) atoms. The molecule has 0 aromatic heterocycles. The number of hydrogen-bond donors (Lipinski definition) is 1. The minimum atomic E-state index is -3.67. The molecule has 1 heterocycles. The standard InChI is InChI=1S/C9H17NO5S/c1-9(12)4-3-5-10(7-9)16(13,14)6-8(11)15-2/h12H,3-7H2,1-2H3. The molecule has 1 saturated heterocycles. The van der Waals surface area contributed by atoms with E-state index in [2.05, 4.69) is 4.74 Å². The largest absolute Gasteiger partial charge is 0.468 e. The van der Waals surface area contributed by atoms with Gasteiger partial charge >= 0.3 is 5.97 Å². The lowest BCUT2D eigenvalue weighted by atomic mass is 9.97. The van der Waals surface area contributed by atoms with Gasteiger partial charge in [0.1, 0.15) is 0 Å². The van der Waals surface area contributed by atoms with E-state index in [4.69, 9.17) is 0 Å². The van der Waals surface area contributed by atoms with Gasteiger partial charge in [0.2, 0.25) is 10.0 Å². The minimum Gasteiger partial charge on any atom is -0.468 e. The molecule has 0 saturated carbocycles. The quantitative estimate of drug-likeness (QED) is 0.673. The van der Waals surface area contributed by atoms with Crippen molar-refractivity contribution in [1.29, 1.82) is 0 Å². The fourth-order valence-corrected chi connectivity index (χ4v) is 3.19. The number of β-amino-alcohol motifs (C(OH)–C–C–N with tert-alkyl or cyclic N) is 1. The average Bonchev–Trinajstić information content (AvgIpc) is 2.15. The van der Waals surface area contributed by atoms with Crippen LogP contribution in [-0.4, -0.2) is 55.4 Å². The maximum absolute atomic E-state index is 11.8. The maximum atomic E-state index is 11.8. The molecule has 0 aromatic carbocycles. The summed E-state index contributed by atoms with van der Waals surface area (Å²) >= 11 is 0. The van der Waals surface area contributed by atoms with Gasteiger partial charge in [-0.25, -0.2) is 8.42 Å². The number of piperidine rings is 1. The Morgan fingerprint density at radius 1 is 1.56 bits per heavy atom. The highest BCUT2D eigenvalue weighted by Gasteiger charge is 2.35. The summed E-state index contributed by atoms with van der Waals surface area (Å²) in [4.78, 5) is 10.9. The summed E-state index contributed by atoms with van der Waals surface area (Å²) < 4.78 is 29.0. The summed E-state index contributed by atoms with van der Waals surface area (Å²) in [5.41, 5.74) is -1.01. The molecular weight excluding hydrogens is 234 g/mol. The second-order valence-corrected chi connectivity index (χ2v) is 6.24. The topological polar surface area (TPSA) is 83.9 Å². The van der Waals surface area contributed by atoms with Crippen molar-refractivity contribution in [2.24, 2.45) is 0 Å². The summed E-state index contributed by atoms with van der Waals surface area (Å²) in [6.45, 7) is 1.97. The van der Waals surface area contributed by atoms with Crippen LogP contribution in [0.4, 0.5) is 0 Å². The van der Waals surface area contributed by atoms with Crippen molar-refractivity contribution >= 4 is 16.0 Å². The van der Waals surface area contributed by atoms with Crippen LogP contribution in [0, 0.1) is 0 Å². The Labute approximate surface area is 95.2 Å². The highest BCUT2D eigenvalue weighted by atomic mass is 32.2. The lowest BCUT2D eigenvalue weighted by Crippen LogP contribution is -2.49. The van der Waals surface area contributed by atoms with Crippen LogP contribution in [0.1, 0.15) is 19.8 Å². The maximum Gasteiger partial charge on any atom is 0.322 e. The molecule has 7 heteroatoms. The van der Waals surface area contributed by atoms with Gasteiger partial charge in [-0.3, -0.25) is 4.79 Å². The number of nitrogens with zero attached hydrogens (tertiary/aromatic N) is 1. The number of ether oxygens (including phenoxy) is 1. The van der Waals surface area contributed by atoms with Gasteiger partial charge in [-0.05, 0) is 19.8 Å². The average molecular weight is 251 g/mol. The van der Waals surface area contributed by atoms with Crippen molar-refractivity contribution in [2.45, 2.75) is 25.4 Å². The second kappa shape index (κ2) is 4.68. The first-order chi connectivity index (χ1) is 7.27. The number of aliphatic hydroxyl groups is 1. The molecule has 0 bridgehead atoms. The molecule has 1 fully saturated rings. The van der Waals surface area contributed by atoms with E-state index in [1.165, 1.54) is 0 Å². The van der Waals surface area contributed by atoms with Gasteiger partial charge in [0.05, 0.1) is 12.7 Å². The van der Waals surface area contributed by atoms with Crippen molar-refractivity contribution in [1.82, 2.24) is 4.31 Å². The zero-order valence-corrected chi connectivity index (χ0v) is 10.3. The van der Waals surface area contributed by atoms with Gasteiger partial charge in [-0.2, -0.15) is 4.31 Å². The molecule has 6 nitrogen and oxygen atoms in total.